The Morgan fingerprint density at radius 2 is 2.21 bits per heavy atom. The van der Waals surface area contributed by atoms with Crippen LogP contribution < -0.4 is 11.1 Å². The van der Waals surface area contributed by atoms with Crippen LogP contribution in [0.15, 0.2) is 36.5 Å². The normalized spacial score (nSPS) is 10.0. The van der Waals surface area contributed by atoms with Crippen molar-refractivity contribution < 1.29 is 4.79 Å². The average Bonchev–Trinajstić information content (AvgIpc) is 2.17. The highest BCUT2D eigenvalue weighted by Gasteiger charge is 1.97. The summed E-state index contributed by atoms with van der Waals surface area (Å²) >= 11 is 0. The van der Waals surface area contributed by atoms with Crippen LogP contribution in [0.2, 0.25) is 0 Å². The molecule has 3 N–H and O–H groups in total. The molecule has 0 saturated heterocycles. The van der Waals surface area contributed by atoms with Gasteiger partial charge in [-0.1, -0.05) is 6.07 Å². The van der Waals surface area contributed by atoms with Crippen molar-refractivity contribution in [2.45, 2.75) is 0 Å². The molecule has 0 radical (unpaired) electrons. The minimum atomic E-state index is -0.562. The Kier molecular flexibility index (Phi) is 2.02. The molecule has 0 saturated carbocycles. The quantitative estimate of drug-likeness (QED) is 0.713. The molecule has 0 bridgehead atoms. The van der Waals surface area contributed by atoms with E-state index in [-0.39, 0.29) is 0 Å². The van der Waals surface area contributed by atoms with Crippen LogP contribution in [0.1, 0.15) is 0 Å². The molecule has 0 spiro atoms. The van der Waals surface area contributed by atoms with E-state index >= 15 is 0 Å². The number of carbonyl (C=O) groups is 1. The number of rotatable bonds is 1. The van der Waals surface area contributed by atoms with Gasteiger partial charge in [0, 0.05) is 17.3 Å². The molecule has 0 aliphatic rings. The second-order valence-electron chi connectivity index (χ2n) is 2.90. The van der Waals surface area contributed by atoms with Gasteiger partial charge >= 0.3 is 6.03 Å². The fourth-order valence-electron chi connectivity index (χ4n) is 1.30. The second-order valence-corrected chi connectivity index (χ2v) is 2.90. The fourth-order valence-corrected chi connectivity index (χ4v) is 1.30. The van der Waals surface area contributed by atoms with Gasteiger partial charge in [0.1, 0.15) is 0 Å². The Bertz CT molecular complexity index is 482. The van der Waals surface area contributed by atoms with E-state index in [4.69, 9.17) is 5.73 Å². The van der Waals surface area contributed by atoms with Crippen molar-refractivity contribution in [3.8, 4) is 0 Å². The molecule has 4 heteroatoms. The highest BCUT2D eigenvalue weighted by atomic mass is 16.2. The molecule has 1 aromatic carbocycles. The lowest BCUT2D eigenvalue weighted by Crippen LogP contribution is -2.19. The van der Waals surface area contributed by atoms with E-state index in [1.54, 1.807) is 12.3 Å². The van der Waals surface area contributed by atoms with Crippen LogP contribution in [-0.2, 0) is 0 Å². The van der Waals surface area contributed by atoms with Crippen LogP contribution in [0.4, 0.5) is 10.5 Å². The van der Waals surface area contributed by atoms with Gasteiger partial charge in [-0.15, -0.1) is 0 Å². The minimum absolute atomic E-state index is 0.562. The lowest BCUT2D eigenvalue weighted by atomic mass is 10.2. The van der Waals surface area contributed by atoms with Crippen LogP contribution in [0.5, 0.6) is 0 Å². The monoisotopic (exact) mass is 187 g/mol. The van der Waals surface area contributed by atoms with E-state index < -0.39 is 6.03 Å². The summed E-state index contributed by atoms with van der Waals surface area (Å²) in [5.74, 6) is 0. The van der Waals surface area contributed by atoms with E-state index in [0.717, 1.165) is 10.9 Å². The Labute approximate surface area is 80.7 Å². The molecule has 0 aliphatic heterocycles. The first kappa shape index (κ1) is 8.50. The third-order valence-corrected chi connectivity index (χ3v) is 1.87. The first-order valence-corrected chi connectivity index (χ1v) is 4.17. The van der Waals surface area contributed by atoms with Crippen LogP contribution in [0.3, 0.4) is 0 Å². The van der Waals surface area contributed by atoms with E-state index in [1.807, 2.05) is 24.3 Å². The number of hydrogen-bond donors (Lipinski definition) is 2. The van der Waals surface area contributed by atoms with Gasteiger partial charge in [-0.3, -0.25) is 4.98 Å². The zero-order valence-electron chi connectivity index (χ0n) is 7.40. The van der Waals surface area contributed by atoms with Gasteiger partial charge in [-0.25, -0.2) is 4.79 Å². The smallest absolute Gasteiger partial charge is 0.316 e. The number of pyridine rings is 1. The van der Waals surface area contributed by atoms with Crippen molar-refractivity contribution in [3.63, 3.8) is 0 Å². The molecule has 2 amide bonds. The highest BCUT2D eigenvalue weighted by Crippen LogP contribution is 2.16. The summed E-state index contributed by atoms with van der Waals surface area (Å²) in [5, 5.41) is 3.48. The Hall–Kier alpha value is -2.10. The van der Waals surface area contributed by atoms with E-state index in [1.165, 1.54) is 0 Å². The molecule has 0 aliphatic carbocycles. The molecule has 0 unspecified atom stereocenters. The summed E-state index contributed by atoms with van der Waals surface area (Å²) in [6.07, 6.45) is 1.73. The Morgan fingerprint density at radius 1 is 1.36 bits per heavy atom. The molecular formula is C10H9N3O. The van der Waals surface area contributed by atoms with Crippen LogP contribution in [-0.4, -0.2) is 11.0 Å². The van der Waals surface area contributed by atoms with E-state index in [2.05, 4.69) is 10.3 Å². The largest absolute Gasteiger partial charge is 0.351 e. The lowest BCUT2D eigenvalue weighted by Gasteiger charge is -2.02. The molecular weight excluding hydrogens is 178 g/mol. The van der Waals surface area contributed by atoms with Gasteiger partial charge in [0.05, 0.1) is 5.52 Å². The van der Waals surface area contributed by atoms with Crippen molar-refractivity contribution in [2.24, 2.45) is 5.73 Å². The van der Waals surface area contributed by atoms with Crippen LogP contribution in [0, 0.1) is 0 Å². The van der Waals surface area contributed by atoms with Gasteiger partial charge in [0.15, 0.2) is 0 Å². The summed E-state index contributed by atoms with van der Waals surface area (Å²) in [5.41, 5.74) is 6.57. The predicted octanol–water partition coefficient (Wildman–Crippen LogP) is 1.73. The summed E-state index contributed by atoms with van der Waals surface area (Å²) in [6, 6.07) is 8.63. The number of hydrogen-bond acceptors (Lipinski definition) is 2. The van der Waals surface area contributed by atoms with Crippen LogP contribution >= 0.6 is 0 Å². The number of nitrogens with zero attached hydrogens (tertiary/aromatic N) is 1. The van der Waals surface area contributed by atoms with Crippen molar-refractivity contribution in [3.05, 3.63) is 36.5 Å². The Morgan fingerprint density at radius 3 is 3.00 bits per heavy atom. The molecule has 70 valence electrons. The number of primary amides is 1. The third-order valence-electron chi connectivity index (χ3n) is 1.87. The molecule has 4 nitrogen and oxygen atoms in total. The molecule has 14 heavy (non-hydrogen) atoms. The predicted molar refractivity (Wildman–Crippen MR) is 54.9 cm³/mol. The number of amides is 2. The summed E-state index contributed by atoms with van der Waals surface area (Å²) < 4.78 is 0. The number of nitrogens with one attached hydrogen (secondary N) is 1. The number of fused-ring (bicyclic) bond motifs is 1. The van der Waals surface area contributed by atoms with Crippen molar-refractivity contribution in [1.82, 2.24) is 4.98 Å². The molecule has 1 heterocycles. The second kappa shape index (κ2) is 3.33. The topological polar surface area (TPSA) is 68.0 Å². The number of carbonyl (C=O) groups excluding carboxylic acids is 1. The number of urea groups is 1. The number of anilines is 1. The molecule has 1 aromatic heterocycles. The number of benzene rings is 1. The summed E-state index contributed by atoms with van der Waals surface area (Å²) in [7, 11) is 0. The maximum Gasteiger partial charge on any atom is 0.316 e. The number of aromatic nitrogens is 1. The molecule has 0 atom stereocenters. The standard InChI is InChI=1S/C10H9N3O/c11-10(14)13-8-3-4-9-7(6-8)2-1-5-12-9/h1-6H,(H3,11,13,14). The first-order chi connectivity index (χ1) is 6.75. The summed E-state index contributed by atoms with van der Waals surface area (Å²) in [4.78, 5) is 14.8. The van der Waals surface area contributed by atoms with Crippen molar-refractivity contribution >= 4 is 22.6 Å². The highest BCUT2D eigenvalue weighted by molar-refractivity contribution is 5.91. The zero-order valence-corrected chi connectivity index (χ0v) is 7.40. The Balaban J connectivity index is 2.46. The fraction of sp³-hybridized carbons (Fsp3) is 0. The van der Waals surface area contributed by atoms with Crippen molar-refractivity contribution in [2.75, 3.05) is 5.32 Å². The molecule has 0 fully saturated rings. The van der Waals surface area contributed by atoms with Gasteiger partial charge in [-0.2, -0.15) is 0 Å². The number of nitrogens with two attached hydrogens (primary N) is 1. The molecule has 2 rings (SSSR count). The molecule has 2 aromatic rings. The van der Waals surface area contributed by atoms with E-state index in [9.17, 15) is 4.79 Å². The van der Waals surface area contributed by atoms with E-state index in [0.29, 0.717) is 5.69 Å². The van der Waals surface area contributed by atoms with Gasteiger partial charge in [-0.05, 0) is 24.3 Å². The van der Waals surface area contributed by atoms with Gasteiger partial charge < -0.3 is 11.1 Å². The third kappa shape index (κ3) is 1.64. The van der Waals surface area contributed by atoms with Crippen LogP contribution in [0.25, 0.3) is 10.9 Å². The zero-order chi connectivity index (χ0) is 9.97. The SMILES string of the molecule is NC(=O)Nc1ccc2ncccc2c1. The summed E-state index contributed by atoms with van der Waals surface area (Å²) in [6.45, 7) is 0. The average molecular weight is 187 g/mol. The first-order valence-electron chi connectivity index (χ1n) is 4.17. The van der Waals surface area contributed by atoms with Gasteiger partial charge in [0.25, 0.3) is 0 Å². The van der Waals surface area contributed by atoms with Crippen molar-refractivity contribution in [1.29, 1.82) is 0 Å². The maximum atomic E-state index is 10.6. The lowest BCUT2D eigenvalue weighted by molar-refractivity contribution is 0.259. The minimum Gasteiger partial charge on any atom is -0.351 e. The van der Waals surface area contributed by atoms with Gasteiger partial charge in [0.2, 0.25) is 0 Å². The maximum absolute atomic E-state index is 10.6.